The highest BCUT2D eigenvalue weighted by Gasteiger charge is 2.18. The van der Waals surface area contributed by atoms with Gasteiger partial charge in [0, 0.05) is 35.9 Å². The van der Waals surface area contributed by atoms with Crippen LogP contribution in [0.2, 0.25) is 5.02 Å². The van der Waals surface area contributed by atoms with Gasteiger partial charge in [0.2, 0.25) is 0 Å². The fourth-order valence-electron chi connectivity index (χ4n) is 2.50. The number of nitriles is 1. The molecule has 100 valence electrons. The molecule has 1 aromatic heterocycles. The van der Waals surface area contributed by atoms with Crippen LogP contribution < -0.4 is 10.9 Å². The van der Waals surface area contributed by atoms with Crippen molar-refractivity contribution in [1.29, 1.82) is 5.26 Å². The summed E-state index contributed by atoms with van der Waals surface area (Å²) >= 11 is 5.89. The molecule has 0 spiro atoms. The summed E-state index contributed by atoms with van der Waals surface area (Å²) < 4.78 is 1.63. The van der Waals surface area contributed by atoms with Crippen LogP contribution in [0.4, 0.5) is 0 Å². The number of pyridine rings is 1. The lowest BCUT2D eigenvalue weighted by Crippen LogP contribution is -2.33. The second kappa shape index (κ2) is 5.12. The normalized spacial score (nSPS) is 13.6. The van der Waals surface area contributed by atoms with Gasteiger partial charge in [-0.3, -0.25) is 9.36 Å². The van der Waals surface area contributed by atoms with Crippen molar-refractivity contribution in [2.75, 3.05) is 6.54 Å². The Balaban J connectivity index is 2.30. The summed E-state index contributed by atoms with van der Waals surface area (Å²) in [5.74, 6) is 0. The number of hydrogen-bond acceptors (Lipinski definition) is 3. The van der Waals surface area contributed by atoms with E-state index in [0.29, 0.717) is 11.6 Å². The Morgan fingerprint density at radius 3 is 2.75 bits per heavy atom. The van der Waals surface area contributed by atoms with E-state index >= 15 is 0 Å². The molecule has 5 heteroatoms. The van der Waals surface area contributed by atoms with Crippen LogP contribution >= 0.6 is 11.6 Å². The van der Waals surface area contributed by atoms with Crippen LogP contribution in [0.25, 0.3) is 5.69 Å². The molecule has 3 rings (SSSR count). The third kappa shape index (κ3) is 2.11. The van der Waals surface area contributed by atoms with Gasteiger partial charge in [-0.05, 0) is 35.9 Å². The van der Waals surface area contributed by atoms with E-state index in [1.165, 1.54) is 0 Å². The summed E-state index contributed by atoms with van der Waals surface area (Å²) in [6.07, 6.45) is 0.763. The molecule has 0 bridgehead atoms. The number of hydrogen-bond donors (Lipinski definition) is 1. The van der Waals surface area contributed by atoms with Crippen molar-refractivity contribution in [2.24, 2.45) is 0 Å². The van der Waals surface area contributed by atoms with E-state index in [0.717, 1.165) is 29.9 Å². The van der Waals surface area contributed by atoms with Gasteiger partial charge in [-0.25, -0.2) is 0 Å². The van der Waals surface area contributed by atoms with E-state index in [2.05, 4.69) is 5.32 Å². The molecule has 1 aromatic carbocycles. The number of nitrogens with one attached hydrogen (secondary N) is 1. The zero-order valence-corrected chi connectivity index (χ0v) is 11.4. The van der Waals surface area contributed by atoms with E-state index in [9.17, 15) is 4.79 Å². The highest BCUT2D eigenvalue weighted by molar-refractivity contribution is 6.30. The van der Waals surface area contributed by atoms with Crippen LogP contribution in [0.15, 0.2) is 35.1 Å². The van der Waals surface area contributed by atoms with Gasteiger partial charge >= 0.3 is 0 Å². The van der Waals surface area contributed by atoms with Gasteiger partial charge in [0.15, 0.2) is 0 Å². The SMILES string of the molecule is N#Cc1cc2c(n(-c3ccc(Cl)cc3)c1=O)CCNC2. The van der Waals surface area contributed by atoms with Gasteiger partial charge in [-0.2, -0.15) is 5.26 Å². The Labute approximate surface area is 121 Å². The van der Waals surface area contributed by atoms with Gasteiger partial charge in [-0.1, -0.05) is 11.6 Å². The third-order valence-corrected chi connectivity index (χ3v) is 3.70. The Kier molecular flexibility index (Phi) is 3.31. The maximum Gasteiger partial charge on any atom is 0.273 e. The number of aromatic nitrogens is 1. The molecule has 4 nitrogen and oxygen atoms in total. The van der Waals surface area contributed by atoms with Gasteiger partial charge in [0.25, 0.3) is 5.56 Å². The van der Waals surface area contributed by atoms with Crippen LogP contribution in [0.5, 0.6) is 0 Å². The van der Waals surface area contributed by atoms with Gasteiger partial charge < -0.3 is 5.32 Å². The van der Waals surface area contributed by atoms with Gasteiger partial charge in [0.05, 0.1) is 0 Å². The molecule has 0 saturated heterocycles. The second-order valence-corrected chi connectivity index (χ2v) is 5.12. The van der Waals surface area contributed by atoms with E-state index < -0.39 is 0 Å². The van der Waals surface area contributed by atoms with Crippen molar-refractivity contribution >= 4 is 11.6 Å². The van der Waals surface area contributed by atoms with E-state index in [1.807, 2.05) is 6.07 Å². The molecule has 0 fully saturated rings. The molecule has 0 atom stereocenters. The summed E-state index contributed by atoms with van der Waals surface area (Å²) in [5, 5.41) is 13.0. The minimum Gasteiger partial charge on any atom is -0.312 e. The third-order valence-electron chi connectivity index (χ3n) is 3.45. The quantitative estimate of drug-likeness (QED) is 0.872. The molecule has 1 aliphatic rings. The summed E-state index contributed by atoms with van der Waals surface area (Å²) in [7, 11) is 0. The van der Waals surface area contributed by atoms with Crippen molar-refractivity contribution in [3.8, 4) is 11.8 Å². The highest BCUT2D eigenvalue weighted by atomic mass is 35.5. The van der Waals surface area contributed by atoms with Crippen LogP contribution in [0.3, 0.4) is 0 Å². The molecule has 0 radical (unpaired) electrons. The number of benzene rings is 1. The van der Waals surface area contributed by atoms with Crippen molar-refractivity contribution in [3.63, 3.8) is 0 Å². The largest absolute Gasteiger partial charge is 0.312 e. The zero-order valence-electron chi connectivity index (χ0n) is 10.7. The van der Waals surface area contributed by atoms with Crippen molar-refractivity contribution in [1.82, 2.24) is 9.88 Å². The van der Waals surface area contributed by atoms with Crippen LogP contribution in [-0.4, -0.2) is 11.1 Å². The molecule has 0 unspecified atom stereocenters. The topological polar surface area (TPSA) is 57.8 Å². The molecular weight excluding hydrogens is 274 g/mol. The standard InChI is InChI=1S/C15H12ClN3O/c16-12-1-3-13(4-2-12)19-14-5-6-18-9-11(14)7-10(8-17)15(19)20/h1-4,7,18H,5-6,9H2. The lowest BCUT2D eigenvalue weighted by Gasteiger charge is -2.22. The van der Waals surface area contributed by atoms with E-state index in [4.69, 9.17) is 16.9 Å². The fraction of sp³-hybridized carbons (Fsp3) is 0.200. The van der Waals surface area contributed by atoms with Crippen LogP contribution in [0.1, 0.15) is 16.8 Å². The Hall–Kier alpha value is -2.09. The molecule has 0 saturated carbocycles. The average molecular weight is 286 g/mol. The first-order chi connectivity index (χ1) is 9.70. The summed E-state index contributed by atoms with van der Waals surface area (Å²) in [4.78, 5) is 12.4. The number of fused-ring (bicyclic) bond motifs is 1. The van der Waals surface area contributed by atoms with E-state index in [1.54, 1.807) is 34.9 Å². The second-order valence-electron chi connectivity index (χ2n) is 4.69. The molecule has 2 heterocycles. The summed E-state index contributed by atoms with van der Waals surface area (Å²) in [6.45, 7) is 1.50. The van der Waals surface area contributed by atoms with Gasteiger partial charge in [-0.15, -0.1) is 0 Å². The highest BCUT2D eigenvalue weighted by Crippen LogP contribution is 2.19. The number of rotatable bonds is 1. The predicted molar refractivity (Wildman–Crippen MR) is 77.2 cm³/mol. The van der Waals surface area contributed by atoms with E-state index in [-0.39, 0.29) is 11.1 Å². The minimum absolute atomic E-state index is 0.169. The molecule has 20 heavy (non-hydrogen) atoms. The first-order valence-corrected chi connectivity index (χ1v) is 6.73. The zero-order chi connectivity index (χ0) is 14.1. The Morgan fingerprint density at radius 1 is 1.30 bits per heavy atom. The summed E-state index contributed by atoms with van der Waals surface area (Å²) in [6, 6.07) is 10.8. The molecule has 1 aliphatic heterocycles. The molecule has 0 aliphatic carbocycles. The minimum atomic E-state index is -0.268. The molecular formula is C15H12ClN3O. The van der Waals surface area contributed by atoms with Gasteiger partial charge in [0.1, 0.15) is 11.6 Å². The predicted octanol–water partition coefficient (Wildman–Crippen LogP) is 2.01. The first-order valence-electron chi connectivity index (χ1n) is 6.35. The summed E-state index contributed by atoms with van der Waals surface area (Å²) in [5.41, 5.74) is 2.62. The fourth-order valence-corrected chi connectivity index (χ4v) is 2.63. The number of halogens is 1. The maximum atomic E-state index is 12.4. The van der Waals surface area contributed by atoms with Crippen LogP contribution in [0, 0.1) is 11.3 Å². The number of nitrogens with zero attached hydrogens (tertiary/aromatic N) is 2. The maximum absolute atomic E-state index is 12.4. The Morgan fingerprint density at radius 2 is 2.05 bits per heavy atom. The molecule has 2 aromatic rings. The smallest absolute Gasteiger partial charge is 0.273 e. The lowest BCUT2D eigenvalue weighted by molar-refractivity contribution is 0.612. The van der Waals surface area contributed by atoms with Crippen molar-refractivity contribution < 1.29 is 0 Å². The van der Waals surface area contributed by atoms with Crippen LogP contribution in [-0.2, 0) is 13.0 Å². The molecule has 1 N–H and O–H groups in total. The first kappa shape index (κ1) is 12.9. The van der Waals surface area contributed by atoms with Crippen molar-refractivity contribution in [3.05, 3.63) is 62.5 Å². The van der Waals surface area contributed by atoms with Crippen molar-refractivity contribution in [2.45, 2.75) is 13.0 Å². The average Bonchev–Trinajstić information content (AvgIpc) is 2.48. The monoisotopic (exact) mass is 285 g/mol. The molecule has 0 amide bonds. The Bertz CT molecular complexity index is 756. The lowest BCUT2D eigenvalue weighted by atomic mass is 10.0.